The van der Waals surface area contributed by atoms with Crippen LogP contribution in [0.15, 0.2) is 77.3 Å². The van der Waals surface area contributed by atoms with Crippen LogP contribution in [-0.4, -0.2) is 0 Å². The second-order valence-corrected chi connectivity index (χ2v) is 6.94. The first-order valence-electron chi connectivity index (χ1n) is 7.98. The van der Waals surface area contributed by atoms with Gasteiger partial charge in [-0.05, 0) is 44.8 Å². The van der Waals surface area contributed by atoms with Crippen LogP contribution < -0.4 is 9.47 Å². The number of hydrogen-bond donors (Lipinski definition) is 0. The first kappa shape index (κ1) is 18.0. The highest BCUT2D eigenvalue weighted by molar-refractivity contribution is 9.10. The van der Waals surface area contributed by atoms with Crippen molar-refractivity contribution in [2.45, 2.75) is 18.5 Å². The number of alkyl halides is 1. The van der Waals surface area contributed by atoms with Gasteiger partial charge < -0.3 is 9.47 Å². The van der Waals surface area contributed by atoms with Gasteiger partial charge in [0.2, 0.25) is 0 Å². The van der Waals surface area contributed by atoms with E-state index in [1.807, 2.05) is 48.5 Å². The lowest BCUT2D eigenvalue weighted by Crippen LogP contribution is -2.00. The van der Waals surface area contributed by atoms with E-state index in [2.05, 4.69) is 56.1 Å². The van der Waals surface area contributed by atoms with E-state index >= 15 is 0 Å². The summed E-state index contributed by atoms with van der Waals surface area (Å²) in [6.45, 7) is 1.03. The molecule has 128 valence electrons. The monoisotopic (exact) mass is 460 g/mol. The lowest BCUT2D eigenvalue weighted by atomic mass is 10.2. The Morgan fingerprint density at radius 2 is 1.08 bits per heavy atom. The molecule has 0 unspecified atom stereocenters. The predicted octanol–water partition coefficient (Wildman–Crippen LogP) is 6.50. The summed E-state index contributed by atoms with van der Waals surface area (Å²) in [5.41, 5.74) is 3.37. The van der Waals surface area contributed by atoms with Gasteiger partial charge in [0.25, 0.3) is 0 Å². The third-order valence-electron chi connectivity index (χ3n) is 3.69. The fourth-order valence-corrected chi connectivity index (χ4v) is 3.17. The van der Waals surface area contributed by atoms with Crippen molar-refractivity contribution in [1.29, 1.82) is 0 Å². The van der Waals surface area contributed by atoms with Crippen LogP contribution in [0.2, 0.25) is 0 Å². The van der Waals surface area contributed by atoms with Crippen molar-refractivity contribution in [2.24, 2.45) is 0 Å². The molecule has 0 atom stereocenters. The standard InChI is InChI=1S/C21H18Br2O2/c22-13-18-11-19(24-14-16-7-3-1-4-8-16)21(23)20(12-18)25-15-17-9-5-2-6-10-17/h1-12H,13-15H2. The van der Waals surface area contributed by atoms with Crippen LogP contribution in [0.25, 0.3) is 0 Å². The van der Waals surface area contributed by atoms with Crippen LogP contribution in [0.4, 0.5) is 0 Å². The second-order valence-electron chi connectivity index (χ2n) is 5.59. The molecule has 3 rings (SSSR count). The molecule has 0 bridgehead atoms. The summed E-state index contributed by atoms with van der Waals surface area (Å²) in [7, 11) is 0. The first-order valence-corrected chi connectivity index (χ1v) is 9.89. The highest BCUT2D eigenvalue weighted by atomic mass is 79.9. The van der Waals surface area contributed by atoms with Crippen molar-refractivity contribution in [3.8, 4) is 11.5 Å². The number of rotatable bonds is 7. The van der Waals surface area contributed by atoms with Crippen molar-refractivity contribution in [3.05, 3.63) is 94.0 Å². The minimum absolute atomic E-state index is 0.517. The van der Waals surface area contributed by atoms with E-state index < -0.39 is 0 Å². The zero-order valence-corrected chi connectivity index (χ0v) is 16.8. The number of benzene rings is 3. The molecule has 2 nitrogen and oxygen atoms in total. The van der Waals surface area contributed by atoms with Crippen molar-refractivity contribution in [1.82, 2.24) is 0 Å². The molecule has 0 aliphatic heterocycles. The minimum atomic E-state index is 0.517. The van der Waals surface area contributed by atoms with Crippen molar-refractivity contribution >= 4 is 31.9 Å². The van der Waals surface area contributed by atoms with Gasteiger partial charge in [0, 0.05) is 5.33 Å². The molecular weight excluding hydrogens is 444 g/mol. The van der Waals surface area contributed by atoms with E-state index in [0.717, 1.165) is 38.0 Å². The summed E-state index contributed by atoms with van der Waals surface area (Å²) in [6.07, 6.45) is 0. The van der Waals surface area contributed by atoms with E-state index in [9.17, 15) is 0 Å². The molecule has 0 heterocycles. The van der Waals surface area contributed by atoms with Crippen LogP contribution in [0, 0.1) is 0 Å². The molecule has 0 spiro atoms. The zero-order chi connectivity index (χ0) is 17.5. The van der Waals surface area contributed by atoms with Gasteiger partial charge in [-0.2, -0.15) is 0 Å². The lowest BCUT2D eigenvalue weighted by molar-refractivity contribution is 0.286. The van der Waals surface area contributed by atoms with Crippen LogP contribution in [0.3, 0.4) is 0 Å². The van der Waals surface area contributed by atoms with Crippen molar-refractivity contribution < 1.29 is 9.47 Å². The smallest absolute Gasteiger partial charge is 0.138 e. The molecule has 4 heteroatoms. The van der Waals surface area contributed by atoms with Gasteiger partial charge in [-0.15, -0.1) is 0 Å². The van der Waals surface area contributed by atoms with Crippen LogP contribution in [-0.2, 0) is 18.5 Å². The fourth-order valence-electron chi connectivity index (χ4n) is 2.38. The van der Waals surface area contributed by atoms with E-state index in [1.54, 1.807) is 0 Å². The normalized spacial score (nSPS) is 10.5. The summed E-state index contributed by atoms with van der Waals surface area (Å²) < 4.78 is 12.9. The van der Waals surface area contributed by atoms with Crippen LogP contribution >= 0.6 is 31.9 Å². The fraction of sp³-hybridized carbons (Fsp3) is 0.143. The summed E-state index contributed by atoms with van der Waals surface area (Å²) in [4.78, 5) is 0. The molecule has 3 aromatic carbocycles. The molecule has 0 amide bonds. The second kappa shape index (κ2) is 9.07. The van der Waals surface area contributed by atoms with Crippen LogP contribution in [0.5, 0.6) is 11.5 Å². The van der Waals surface area contributed by atoms with E-state index in [4.69, 9.17) is 9.47 Å². The Labute approximate surface area is 165 Å². The largest absolute Gasteiger partial charge is 0.488 e. The van der Waals surface area contributed by atoms with Gasteiger partial charge in [0.1, 0.15) is 29.2 Å². The molecule has 0 saturated heterocycles. The Kier molecular flexibility index (Phi) is 6.54. The Morgan fingerprint density at radius 3 is 1.48 bits per heavy atom. The van der Waals surface area contributed by atoms with Crippen molar-refractivity contribution in [3.63, 3.8) is 0 Å². The average Bonchev–Trinajstić information content (AvgIpc) is 2.68. The summed E-state index contributed by atoms with van der Waals surface area (Å²) in [5, 5.41) is 0.740. The predicted molar refractivity (Wildman–Crippen MR) is 108 cm³/mol. The van der Waals surface area contributed by atoms with Gasteiger partial charge in [-0.25, -0.2) is 0 Å². The van der Waals surface area contributed by atoms with Gasteiger partial charge in [0.15, 0.2) is 0 Å². The third kappa shape index (κ3) is 5.10. The molecule has 0 radical (unpaired) electrons. The van der Waals surface area contributed by atoms with E-state index in [-0.39, 0.29) is 0 Å². The molecule has 0 aliphatic rings. The highest BCUT2D eigenvalue weighted by Crippen LogP contribution is 2.37. The number of ether oxygens (including phenoxy) is 2. The lowest BCUT2D eigenvalue weighted by Gasteiger charge is -2.15. The molecule has 25 heavy (non-hydrogen) atoms. The summed E-state index contributed by atoms with van der Waals surface area (Å²) >= 11 is 7.14. The van der Waals surface area contributed by atoms with Gasteiger partial charge in [-0.3, -0.25) is 0 Å². The molecule has 0 saturated carbocycles. The maximum absolute atomic E-state index is 6.01. The Hall–Kier alpha value is -1.78. The average molecular weight is 462 g/mol. The van der Waals surface area contributed by atoms with E-state index in [1.165, 1.54) is 0 Å². The van der Waals surface area contributed by atoms with Gasteiger partial charge in [0.05, 0.1) is 0 Å². The number of hydrogen-bond acceptors (Lipinski definition) is 2. The first-order chi connectivity index (χ1) is 12.3. The maximum Gasteiger partial charge on any atom is 0.138 e. The molecular formula is C21H18Br2O2. The van der Waals surface area contributed by atoms with Crippen molar-refractivity contribution in [2.75, 3.05) is 0 Å². The quantitative estimate of drug-likeness (QED) is 0.373. The van der Waals surface area contributed by atoms with E-state index in [0.29, 0.717) is 13.2 Å². The number of halogens is 2. The minimum Gasteiger partial charge on any atom is -0.488 e. The topological polar surface area (TPSA) is 18.5 Å². The Morgan fingerprint density at radius 1 is 0.640 bits per heavy atom. The highest BCUT2D eigenvalue weighted by Gasteiger charge is 2.12. The molecule has 0 aliphatic carbocycles. The molecule has 0 aromatic heterocycles. The molecule has 3 aromatic rings. The summed E-state index contributed by atoms with van der Waals surface area (Å²) in [6, 6.07) is 24.3. The SMILES string of the molecule is BrCc1cc(OCc2ccccc2)c(Br)c(OCc2ccccc2)c1. The Balaban J connectivity index is 1.76. The summed E-state index contributed by atoms with van der Waals surface area (Å²) in [5.74, 6) is 1.56. The van der Waals surface area contributed by atoms with Crippen LogP contribution in [0.1, 0.15) is 16.7 Å². The zero-order valence-electron chi connectivity index (χ0n) is 13.6. The third-order valence-corrected chi connectivity index (χ3v) is 5.12. The molecule has 0 N–H and O–H groups in total. The maximum atomic E-state index is 6.01. The Bertz CT molecular complexity index is 740. The van der Waals surface area contributed by atoms with Gasteiger partial charge in [-0.1, -0.05) is 76.6 Å². The molecule has 0 fully saturated rings. The van der Waals surface area contributed by atoms with Gasteiger partial charge >= 0.3 is 0 Å².